The summed E-state index contributed by atoms with van der Waals surface area (Å²) in [6, 6.07) is 8.15. The van der Waals surface area contributed by atoms with Crippen LogP contribution in [-0.2, 0) is 0 Å². The van der Waals surface area contributed by atoms with Crippen molar-refractivity contribution >= 4 is 0 Å². The van der Waals surface area contributed by atoms with Gasteiger partial charge in [-0.05, 0) is 49.2 Å². The van der Waals surface area contributed by atoms with Crippen molar-refractivity contribution in [2.75, 3.05) is 28.4 Å². The predicted molar refractivity (Wildman–Crippen MR) is 96.1 cm³/mol. The molecule has 0 spiro atoms. The Balaban J connectivity index is 2.58. The van der Waals surface area contributed by atoms with Crippen LogP contribution >= 0.6 is 0 Å². The van der Waals surface area contributed by atoms with Crippen molar-refractivity contribution < 1.29 is 18.9 Å². The molecule has 4 nitrogen and oxygen atoms in total. The molecular formula is C20H26O4. The van der Waals surface area contributed by atoms with Gasteiger partial charge >= 0.3 is 0 Å². The SMILES string of the molecule is COc1cc(C(C)c2cc(OC)c(C)c(OC)c2)c(OC)cc1C. The lowest BCUT2D eigenvalue weighted by Crippen LogP contribution is -2.03. The number of hydrogen-bond donors (Lipinski definition) is 0. The Morgan fingerprint density at radius 2 is 1.17 bits per heavy atom. The van der Waals surface area contributed by atoms with Gasteiger partial charge in [0.05, 0.1) is 28.4 Å². The zero-order valence-electron chi connectivity index (χ0n) is 15.5. The van der Waals surface area contributed by atoms with Crippen LogP contribution in [0.3, 0.4) is 0 Å². The van der Waals surface area contributed by atoms with Crippen LogP contribution in [-0.4, -0.2) is 28.4 Å². The van der Waals surface area contributed by atoms with Crippen molar-refractivity contribution in [1.82, 2.24) is 0 Å². The highest BCUT2D eigenvalue weighted by molar-refractivity contribution is 5.54. The van der Waals surface area contributed by atoms with Crippen molar-refractivity contribution in [3.05, 3.63) is 46.5 Å². The monoisotopic (exact) mass is 330 g/mol. The molecule has 0 heterocycles. The van der Waals surface area contributed by atoms with E-state index in [2.05, 4.69) is 6.92 Å². The molecule has 0 saturated carbocycles. The second-order valence-electron chi connectivity index (χ2n) is 5.84. The second kappa shape index (κ2) is 7.47. The van der Waals surface area contributed by atoms with Gasteiger partial charge in [0, 0.05) is 17.0 Å². The molecule has 0 aromatic heterocycles. The highest BCUT2D eigenvalue weighted by Crippen LogP contribution is 2.39. The van der Waals surface area contributed by atoms with E-state index in [1.54, 1.807) is 28.4 Å². The highest BCUT2D eigenvalue weighted by Gasteiger charge is 2.19. The molecule has 0 saturated heterocycles. The Bertz CT molecular complexity index is 697. The van der Waals surface area contributed by atoms with Gasteiger partial charge in [0.2, 0.25) is 0 Å². The first kappa shape index (κ1) is 18.0. The third-order valence-electron chi connectivity index (χ3n) is 4.49. The lowest BCUT2D eigenvalue weighted by atomic mass is 9.90. The van der Waals surface area contributed by atoms with Crippen LogP contribution in [0.25, 0.3) is 0 Å². The van der Waals surface area contributed by atoms with Gasteiger partial charge in [0.25, 0.3) is 0 Å². The second-order valence-corrected chi connectivity index (χ2v) is 5.84. The summed E-state index contributed by atoms with van der Waals surface area (Å²) in [4.78, 5) is 0. The standard InChI is InChI=1S/C20H26O4/c1-12-8-20(24-7)16(11-17(12)21-4)13(2)15-9-18(22-5)14(3)19(10-15)23-6/h8-11,13H,1-7H3. The molecule has 130 valence electrons. The number of aryl methyl sites for hydroxylation is 1. The van der Waals surface area contributed by atoms with Crippen LogP contribution in [0.1, 0.15) is 35.1 Å². The largest absolute Gasteiger partial charge is 0.496 e. The van der Waals surface area contributed by atoms with E-state index in [4.69, 9.17) is 18.9 Å². The van der Waals surface area contributed by atoms with E-state index in [-0.39, 0.29) is 5.92 Å². The summed E-state index contributed by atoms with van der Waals surface area (Å²) in [7, 11) is 6.71. The van der Waals surface area contributed by atoms with Crippen LogP contribution in [0.15, 0.2) is 24.3 Å². The van der Waals surface area contributed by atoms with Crippen LogP contribution < -0.4 is 18.9 Å². The molecule has 4 heteroatoms. The maximum absolute atomic E-state index is 5.59. The van der Waals surface area contributed by atoms with Crippen LogP contribution in [0.4, 0.5) is 0 Å². The number of benzene rings is 2. The van der Waals surface area contributed by atoms with Gasteiger partial charge in [0.15, 0.2) is 0 Å². The molecule has 0 fully saturated rings. The molecule has 0 N–H and O–H groups in total. The lowest BCUT2D eigenvalue weighted by molar-refractivity contribution is 0.386. The average Bonchev–Trinajstić information content (AvgIpc) is 2.60. The summed E-state index contributed by atoms with van der Waals surface area (Å²) in [5.41, 5.74) is 4.19. The van der Waals surface area contributed by atoms with E-state index < -0.39 is 0 Å². The Morgan fingerprint density at radius 3 is 1.62 bits per heavy atom. The fourth-order valence-electron chi connectivity index (χ4n) is 2.95. The molecule has 2 aromatic carbocycles. The normalized spacial score (nSPS) is 11.8. The van der Waals surface area contributed by atoms with Gasteiger partial charge in [-0.1, -0.05) is 6.92 Å². The van der Waals surface area contributed by atoms with E-state index in [1.807, 2.05) is 38.1 Å². The first-order valence-electron chi connectivity index (χ1n) is 7.91. The number of rotatable bonds is 6. The fourth-order valence-corrected chi connectivity index (χ4v) is 2.95. The fraction of sp³-hybridized carbons (Fsp3) is 0.400. The van der Waals surface area contributed by atoms with E-state index in [0.717, 1.165) is 45.3 Å². The first-order valence-corrected chi connectivity index (χ1v) is 7.91. The van der Waals surface area contributed by atoms with Crippen LogP contribution in [0, 0.1) is 13.8 Å². The molecule has 2 aromatic rings. The summed E-state index contributed by atoms with van der Waals surface area (Å²) in [6.07, 6.45) is 0. The molecule has 0 radical (unpaired) electrons. The molecule has 0 bridgehead atoms. The number of hydrogen-bond acceptors (Lipinski definition) is 4. The smallest absolute Gasteiger partial charge is 0.125 e. The predicted octanol–water partition coefficient (Wildman–Crippen LogP) is 4.49. The van der Waals surface area contributed by atoms with E-state index in [0.29, 0.717) is 0 Å². The lowest BCUT2D eigenvalue weighted by Gasteiger charge is -2.20. The summed E-state index contributed by atoms with van der Waals surface area (Å²) in [5, 5.41) is 0. The van der Waals surface area contributed by atoms with Crippen molar-refractivity contribution in [3.8, 4) is 23.0 Å². The Hall–Kier alpha value is -2.36. The van der Waals surface area contributed by atoms with Crippen molar-refractivity contribution in [3.63, 3.8) is 0 Å². The molecular weight excluding hydrogens is 304 g/mol. The van der Waals surface area contributed by atoms with Crippen molar-refractivity contribution in [1.29, 1.82) is 0 Å². The summed E-state index contributed by atoms with van der Waals surface area (Å²) < 4.78 is 22.1. The average molecular weight is 330 g/mol. The van der Waals surface area contributed by atoms with Gasteiger partial charge in [0.1, 0.15) is 23.0 Å². The van der Waals surface area contributed by atoms with Gasteiger partial charge in [-0.25, -0.2) is 0 Å². The number of methoxy groups -OCH3 is 4. The minimum atomic E-state index is 0.0952. The molecule has 24 heavy (non-hydrogen) atoms. The van der Waals surface area contributed by atoms with Gasteiger partial charge in [-0.3, -0.25) is 0 Å². The Kier molecular flexibility index (Phi) is 5.60. The van der Waals surface area contributed by atoms with E-state index in [9.17, 15) is 0 Å². The summed E-state index contributed by atoms with van der Waals surface area (Å²) >= 11 is 0. The Labute approximate surface area is 144 Å². The molecule has 1 atom stereocenters. The minimum Gasteiger partial charge on any atom is -0.496 e. The minimum absolute atomic E-state index is 0.0952. The van der Waals surface area contributed by atoms with Gasteiger partial charge in [-0.15, -0.1) is 0 Å². The molecule has 2 rings (SSSR count). The zero-order valence-corrected chi connectivity index (χ0v) is 15.5. The summed E-state index contributed by atoms with van der Waals surface area (Å²) in [6.45, 7) is 6.13. The highest BCUT2D eigenvalue weighted by atomic mass is 16.5. The van der Waals surface area contributed by atoms with Crippen LogP contribution in [0.5, 0.6) is 23.0 Å². The molecule has 0 aliphatic rings. The number of ether oxygens (including phenoxy) is 4. The summed E-state index contributed by atoms with van der Waals surface area (Å²) in [5.74, 6) is 3.42. The topological polar surface area (TPSA) is 36.9 Å². The van der Waals surface area contributed by atoms with Gasteiger partial charge in [-0.2, -0.15) is 0 Å². The third kappa shape index (κ3) is 3.28. The molecule has 1 unspecified atom stereocenters. The first-order chi connectivity index (χ1) is 11.5. The van der Waals surface area contributed by atoms with Crippen molar-refractivity contribution in [2.24, 2.45) is 0 Å². The third-order valence-corrected chi connectivity index (χ3v) is 4.49. The Morgan fingerprint density at radius 1 is 0.667 bits per heavy atom. The quantitative estimate of drug-likeness (QED) is 0.782. The van der Waals surface area contributed by atoms with Gasteiger partial charge < -0.3 is 18.9 Å². The zero-order chi connectivity index (χ0) is 17.9. The maximum Gasteiger partial charge on any atom is 0.125 e. The van der Waals surface area contributed by atoms with Crippen LogP contribution in [0.2, 0.25) is 0 Å². The molecule has 0 amide bonds. The van der Waals surface area contributed by atoms with Crippen molar-refractivity contribution in [2.45, 2.75) is 26.7 Å². The maximum atomic E-state index is 5.59. The van der Waals surface area contributed by atoms with E-state index in [1.165, 1.54) is 0 Å². The molecule has 0 aliphatic carbocycles. The van der Waals surface area contributed by atoms with E-state index >= 15 is 0 Å². The molecule has 0 aliphatic heterocycles.